The SMILES string of the molecule is Cc1coc2cc(C(=O)O)ncc12. The van der Waals surface area contributed by atoms with E-state index in [-0.39, 0.29) is 5.69 Å². The number of rotatable bonds is 1. The summed E-state index contributed by atoms with van der Waals surface area (Å²) in [4.78, 5) is 14.3. The molecule has 0 saturated heterocycles. The van der Waals surface area contributed by atoms with E-state index >= 15 is 0 Å². The van der Waals surface area contributed by atoms with Crippen LogP contribution < -0.4 is 0 Å². The molecule has 66 valence electrons. The summed E-state index contributed by atoms with van der Waals surface area (Å²) in [5.41, 5.74) is 1.52. The van der Waals surface area contributed by atoms with Gasteiger partial charge in [-0.3, -0.25) is 0 Å². The minimum atomic E-state index is -1.05. The first-order valence-corrected chi connectivity index (χ1v) is 3.75. The average molecular weight is 177 g/mol. The Labute approximate surface area is 73.8 Å². The van der Waals surface area contributed by atoms with Crippen molar-refractivity contribution in [3.63, 3.8) is 0 Å². The summed E-state index contributed by atoms with van der Waals surface area (Å²) >= 11 is 0. The molecule has 0 aliphatic carbocycles. The summed E-state index contributed by atoms with van der Waals surface area (Å²) in [5, 5.41) is 9.50. The van der Waals surface area contributed by atoms with Gasteiger partial charge in [-0.05, 0) is 12.5 Å². The molecule has 0 unspecified atom stereocenters. The fourth-order valence-electron chi connectivity index (χ4n) is 1.16. The van der Waals surface area contributed by atoms with Crippen molar-refractivity contribution in [1.82, 2.24) is 4.98 Å². The van der Waals surface area contributed by atoms with Crippen LogP contribution in [0, 0.1) is 6.92 Å². The van der Waals surface area contributed by atoms with Crippen molar-refractivity contribution >= 4 is 16.9 Å². The number of hydrogen-bond acceptors (Lipinski definition) is 3. The third-order valence-electron chi connectivity index (χ3n) is 1.87. The number of carboxylic acid groups (broad SMARTS) is 1. The molecule has 2 heterocycles. The smallest absolute Gasteiger partial charge is 0.354 e. The van der Waals surface area contributed by atoms with Gasteiger partial charge in [-0.25, -0.2) is 9.78 Å². The average Bonchev–Trinajstić information content (AvgIpc) is 2.47. The van der Waals surface area contributed by atoms with E-state index in [2.05, 4.69) is 4.98 Å². The Kier molecular flexibility index (Phi) is 1.55. The minimum absolute atomic E-state index is 0.00171. The highest BCUT2D eigenvalue weighted by molar-refractivity contribution is 5.90. The van der Waals surface area contributed by atoms with Gasteiger partial charge < -0.3 is 9.52 Å². The lowest BCUT2D eigenvalue weighted by Crippen LogP contribution is -1.98. The number of hydrogen-bond donors (Lipinski definition) is 1. The van der Waals surface area contributed by atoms with E-state index in [9.17, 15) is 4.79 Å². The molecule has 0 radical (unpaired) electrons. The molecule has 0 amide bonds. The van der Waals surface area contributed by atoms with Crippen LogP contribution in [0.15, 0.2) is 22.9 Å². The van der Waals surface area contributed by atoms with E-state index < -0.39 is 5.97 Å². The minimum Gasteiger partial charge on any atom is -0.477 e. The van der Waals surface area contributed by atoms with E-state index in [0.717, 1.165) is 10.9 Å². The van der Waals surface area contributed by atoms with Crippen molar-refractivity contribution in [1.29, 1.82) is 0 Å². The maximum atomic E-state index is 10.5. The lowest BCUT2D eigenvalue weighted by Gasteiger charge is -1.92. The van der Waals surface area contributed by atoms with Crippen LogP contribution in [0.2, 0.25) is 0 Å². The molecule has 0 atom stereocenters. The van der Waals surface area contributed by atoms with E-state index in [1.165, 1.54) is 12.3 Å². The number of aromatic nitrogens is 1. The Balaban J connectivity index is 2.70. The topological polar surface area (TPSA) is 63.3 Å². The maximum absolute atomic E-state index is 10.5. The third kappa shape index (κ3) is 1.16. The summed E-state index contributed by atoms with van der Waals surface area (Å²) in [6.45, 7) is 1.88. The second kappa shape index (κ2) is 2.58. The predicted molar refractivity (Wildman–Crippen MR) is 45.7 cm³/mol. The fraction of sp³-hybridized carbons (Fsp3) is 0.111. The standard InChI is InChI=1S/C9H7NO3/c1-5-4-13-8-2-7(9(11)12)10-3-6(5)8/h2-4H,1H3,(H,11,12). The first-order chi connectivity index (χ1) is 6.18. The molecule has 4 heteroatoms. The highest BCUT2D eigenvalue weighted by Crippen LogP contribution is 2.19. The summed E-state index contributed by atoms with van der Waals surface area (Å²) in [6, 6.07) is 1.42. The maximum Gasteiger partial charge on any atom is 0.354 e. The molecule has 0 fully saturated rings. The summed E-state index contributed by atoms with van der Waals surface area (Å²) in [5.74, 6) is -1.05. The van der Waals surface area contributed by atoms with Crippen molar-refractivity contribution in [2.45, 2.75) is 6.92 Å². The van der Waals surface area contributed by atoms with Gasteiger partial charge in [-0.15, -0.1) is 0 Å². The van der Waals surface area contributed by atoms with Crippen molar-refractivity contribution in [3.05, 3.63) is 29.8 Å². The third-order valence-corrected chi connectivity index (χ3v) is 1.87. The Morgan fingerprint density at radius 2 is 2.38 bits per heavy atom. The Bertz CT molecular complexity index is 473. The van der Waals surface area contributed by atoms with E-state index in [1.807, 2.05) is 6.92 Å². The number of pyridine rings is 1. The molecule has 0 saturated carbocycles. The normalized spacial score (nSPS) is 10.5. The molecule has 2 aromatic rings. The van der Waals surface area contributed by atoms with Gasteiger partial charge in [-0.2, -0.15) is 0 Å². The predicted octanol–water partition coefficient (Wildman–Crippen LogP) is 1.83. The fourth-order valence-corrected chi connectivity index (χ4v) is 1.16. The van der Waals surface area contributed by atoms with Crippen molar-refractivity contribution in [2.75, 3.05) is 0 Å². The summed E-state index contributed by atoms with van der Waals surface area (Å²) < 4.78 is 5.14. The van der Waals surface area contributed by atoms with Crippen molar-refractivity contribution < 1.29 is 14.3 Å². The van der Waals surface area contributed by atoms with Crippen molar-refractivity contribution in [2.24, 2.45) is 0 Å². The van der Waals surface area contributed by atoms with Gasteiger partial charge >= 0.3 is 5.97 Å². The lowest BCUT2D eigenvalue weighted by molar-refractivity contribution is 0.0690. The lowest BCUT2D eigenvalue weighted by atomic mass is 10.2. The van der Waals surface area contributed by atoms with Crippen LogP contribution in [0.3, 0.4) is 0 Å². The number of aromatic carboxylic acids is 1. The van der Waals surface area contributed by atoms with Crippen LogP contribution in [0.1, 0.15) is 16.1 Å². The number of carbonyl (C=O) groups is 1. The van der Waals surface area contributed by atoms with E-state index in [4.69, 9.17) is 9.52 Å². The van der Waals surface area contributed by atoms with Gasteiger partial charge in [0, 0.05) is 17.6 Å². The van der Waals surface area contributed by atoms with Crippen LogP contribution in [0.4, 0.5) is 0 Å². The van der Waals surface area contributed by atoms with Gasteiger partial charge in [0.1, 0.15) is 5.58 Å². The van der Waals surface area contributed by atoms with Gasteiger partial charge in [-0.1, -0.05) is 0 Å². The number of aryl methyl sites for hydroxylation is 1. The molecule has 2 aromatic heterocycles. The Hall–Kier alpha value is -1.84. The number of fused-ring (bicyclic) bond motifs is 1. The molecule has 0 spiro atoms. The van der Waals surface area contributed by atoms with E-state index in [1.54, 1.807) is 6.26 Å². The molecular formula is C9H7NO3. The van der Waals surface area contributed by atoms with Gasteiger partial charge in [0.15, 0.2) is 5.69 Å². The monoisotopic (exact) mass is 177 g/mol. The number of carboxylic acids is 1. The Morgan fingerprint density at radius 3 is 3.08 bits per heavy atom. The van der Waals surface area contributed by atoms with Gasteiger partial charge in [0.2, 0.25) is 0 Å². The zero-order chi connectivity index (χ0) is 9.42. The molecule has 1 N–H and O–H groups in total. The van der Waals surface area contributed by atoms with Crippen LogP contribution in [0.25, 0.3) is 11.0 Å². The largest absolute Gasteiger partial charge is 0.477 e. The molecule has 0 aliphatic rings. The second-order valence-corrected chi connectivity index (χ2v) is 2.79. The van der Waals surface area contributed by atoms with Crippen LogP contribution in [0.5, 0.6) is 0 Å². The van der Waals surface area contributed by atoms with Gasteiger partial charge in [0.25, 0.3) is 0 Å². The molecule has 0 aliphatic heterocycles. The quantitative estimate of drug-likeness (QED) is 0.721. The first kappa shape index (κ1) is 7.79. The van der Waals surface area contributed by atoms with Crippen molar-refractivity contribution in [3.8, 4) is 0 Å². The first-order valence-electron chi connectivity index (χ1n) is 3.75. The number of furan rings is 1. The van der Waals surface area contributed by atoms with Gasteiger partial charge in [0.05, 0.1) is 6.26 Å². The summed E-state index contributed by atoms with van der Waals surface area (Å²) in [7, 11) is 0. The molecule has 2 rings (SSSR count). The molecular weight excluding hydrogens is 170 g/mol. The zero-order valence-electron chi connectivity index (χ0n) is 6.94. The highest BCUT2D eigenvalue weighted by atomic mass is 16.4. The van der Waals surface area contributed by atoms with Crippen LogP contribution in [-0.4, -0.2) is 16.1 Å². The van der Waals surface area contributed by atoms with Crippen LogP contribution >= 0.6 is 0 Å². The number of nitrogens with zero attached hydrogens (tertiary/aromatic N) is 1. The van der Waals surface area contributed by atoms with E-state index in [0.29, 0.717) is 5.58 Å². The molecule has 0 bridgehead atoms. The summed E-state index contributed by atoms with van der Waals surface area (Å²) in [6.07, 6.45) is 3.09. The second-order valence-electron chi connectivity index (χ2n) is 2.79. The Morgan fingerprint density at radius 1 is 1.62 bits per heavy atom. The molecule has 4 nitrogen and oxygen atoms in total. The highest BCUT2D eigenvalue weighted by Gasteiger charge is 2.08. The molecule has 13 heavy (non-hydrogen) atoms. The van der Waals surface area contributed by atoms with Crippen LogP contribution in [-0.2, 0) is 0 Å². The molecule has 0 aromatic carbocycles. The zero-order valence-corrected chi connectivity index (χ0v) is 6.94.